The third-order valence-electron chi connectivity index (χ3n) is 2.01. The van der Waals surface area contributed by atoms with Gasteiger partial charge in [0.1, 0.15) is 5.75 Å². The predicted octanol–water partition coefficient (Wildman–Crippen LogP) is 1.80. The number of hydrogen-bond donors (Lipinski definition) is 0. The van der Waals surface area contributed by atoms with Crippen molar-refractivity contribution in [3.63, 3.8) is 0 Å². The molecule has 2 nitrogen and oxygen atoms in total. The van der Waals surface area contributed by atoms with E-state index in [9.17, 15) is 0 Å². The maximum Gasteiger partial charge on any atom is 0.118 e. The molecule has 0 saturated carbocycles. The first-order chi connectivity index (χ1) is 6.22. The van der Waals surface area contributed by atoms with Gasteiger partial charge in [-0.3, -0.25) is 0 Å². The van der Waals surface area contributed by atoms with E-state index in [2.05, 4.69) is 31.1 Å². The molecule has 1 rings (SSSR count). The molecule has 0 aliphatic heterocycles. The van der Waals surface area contributed by atoms with Crippen molar-refractivity contribution >= 4 is 0 Å². The summed E-state index contributed by atoms with van der Waals surface area (Å²) in [6.07, 6.45) is 1.09. The number of hydrogen-bond acceptors (Lipinski definition) is 2. The average Bonchev–Trinajstić information content (AvgIpc) is 2.15. The fraction of sp³-hybridized carbons (Fsp3) is 0.455. The van der Waals surface area contributed by atoms with Gasteiger partial charge in [0.2, 0.25) is 0 Å². The van der Waals surface area contributed by atoms with E-state index in [1.165, 1.54) is 5.56 Å². The number of benzene rings is 1. The Kier molecular flexibility index (Phi) is 3.77. The van der Waals surface area contributed by atoms with E-state index in [0.29, 0.717) is 0 Å². The largest absolute Gasteiger partial charge is 0.497 e. The van der Waals surface area contributed by atoms with Crippen LogP contribution in [0.4, 0.5) is 0 Å². The first-order valence-corrected chi connectivity index (χ1v) is 4.50. The van der Waals surface area contributed by atoms with Crippen LogP contribution in [0, 0.1) is 0 Å². The lowest BCUT2D eigenvalue weighted by atomic mass is 10.1. The maximum atomic E-state index is 5.08. The van der Waals surface area contributed by atoms with E-state index in [4.69, 9.17) is 4.74 Å². The van der Waals surface area contributed by atoms with Crippen molar-refractivity contribution in [2.45, 2.75) is 6.42 Å². The molecule has 0 radical (unpaired) electrons. The minimum absolute atomic E-state index is 0.925. The predicted molar refractivity (Wildman–Crippen MR) is 55.3 cm³/mol. The van der Waals surface area contributed by atoms with Crippen molar-refractivity contribution in [1.29, 1.82) is 0 Å². The number of rotatable bonds is 4. The number of nitrogens with zero attached hydrogens (tertiary/aromatic N) is 1. The molecule has 0 aliphatic rings. The maximum absolute atomic E-state index is 5.08. The molecule has 0 saturated heterocycles. The summed E-state index contributed by atoms with van der Waals surface area (Å²) in [5.74, 6) is 0.925. The molecule has 0 unspecified atom stereocenters. The third kappa shape index (κ3) is 3.47. The van der Waals surface area contributed by atoms with E-state index < -0.39 is 0 Å². The smallest absolute Gasteiger partial charge is 0.118 e. The molecule has 1 aromatic rings. The van der Waals surface area contributed by atoms with Crippen LogP contribution in [-0.4, -0.2) is 32.6 Å². The van der Waals surface area contributed by atoms with Crippen LogP contribution in [0.25, 0.3) is 0 Å². The Labute approximate surface area is 80.1 Å². The Morgan fingerprint density at radius 1 is 1.15 bits per heavy atom. The van der Waals surface area contributed by atoms with E-state index in [-0.39, 0.29) is 0 Å². The fourth-order valence-corrected chi connectivity index (χ4v) is 1.14. The van der Waals surface area contributed by atoms with Gasteiger partial charge in [-0.1, -0.05) is 12.1 Å². The standard InChI is InChI=1S/C11H17NO/c1-12(2)9-8-10-4-6-11(13-3)7-5-10/h4-7H,8-9H2,1-3H3. The molecule has 0 N–H and O–H groups in total. The molecule has 0 bridgehead atoms. The van der Waals surface area contributed by atoms with Crippen LogP contribution in [0.15, 0.2) is 24.3 Å². The zero-order valence-electron chi connectivity index (χ0n) is 8.58. The van der Waals surface area contributed by atoms with Crippen LogP contribution < -0.4 is 4.74 Å². The fourth-order valence-electron chi connectivity index (χ4n) is 1.14. The van der Waals surface area contributed by atoms with Crippen molar-refractivity contribution in [2.24, 2.45) is 0 Å². The summed E-state index contributed by atoms with van der Waals surface area (Å²) < 4.78 is 5.08. The van der Waals surface area contributed by atoms with Gasteiger partial charge < -0.3 is 9.64 Å². The molecule has 0 heterocycles. The summed E-state index contributed by atoms with van der Waals surface area (Å²) in [4.78, 5) is 2.18. The Morgan fingerprint density at radius 2 is 1.77 bits per heavy atom. The van der Waals surface area contributed by atoms with Gasteiger partial charge in [0.05, 0.1) is 7.11 Å². The van der Waals surface area contributed by atoms with Gasteiger partial charge in [0.15, 0.2) is 0 Å². The lowest BCUT2D eigenvalue weighted by Crippen LogP contribution is -2.14. The van der Waals surface area contributed by atoms with Crippen LogP contribution >= 0.6 is 0 Å². The molecular formula is C11H17NO. The summed E-state index contributed by atoms with van der Waals surface area (Å²) in [6.45, 7) is 1.09. The topological polar surface area (TPSA) is 12.5 Å². The Bertz CT molecular complexity index is 241. The van der Waals surface area contributed by atoms with Crippen LogP contribution in [-0.2, 0) is 6.42 Å². The van der Waals surface area contributed by atoms with Crippen molar-refractivity contribution in [3.05, 3.63) is 29.8 Å². The molecule has 1 aromatic carbocycles. The lowest BCUT2D eigenvalue weighted by molar-refractivity contribution is 0.410. The molecule has 0 atom stereocenters. The van der Waals surface area contributed by atoms with Crippen molar-refractivity contribution in [2.75, 3.05) is 27.7 Å². The highest BCUT2D eigenvalue weighted by Crippen LogP contribution is 2.11. The van der Waals surface area contributed by atoms with Crippen LogP contribution in [0.5, 0.6) is 5.75 Å². The van der Waals surface area contributed by atoms with Gasteiger partial charge in [-0.05, 0) is 38.2 Å². The average molecular weight is 179 g/mol. The van der Waals surface area contributed by atoms with E-state index >= 15 is 0 Å². The molecular weight excluding hydrogens is 162 g/mol. The Morgan fingerprint density at radius 3 is 2.23 bits per heavy atom. The van der Waals surface area contributed by atoms with Crippen molar-refractivity contribution in [3.8, 4) is 5.75 Å². The summed E-state index contributed by atoms with van der Waals surface area (Å²) in [7, 11) is 5.86. The van der Waals surface area contributed by atoms with Crippen LogP contribution in [0.1, 0.15) is 5.56 Å². The van der Waals surface area contributed by atoms with Gasteiger partial charge in [0, 0.05) is 6.54 Å². The second-order valence-electron chi connectivity index (χ2n) is 3.40. The quantitative estimate of drug-likeness (QED) is 0.699. The van der Waals surface area contributed by atoms with Crippen LogP contribution in [0.3, 0.4) is 0 Å². The monoisotopic (exact) mass is 179 g/mol. The van der Waals surface area contributed by atoms with E-state index in [1.54, 1.807) is 7.11 Å². The first kappa shape index (κ1) is 10.1. The summed E-state index contributed by atoms with van der Waals surface area (Å²) >= 11 is 0. The molecule has 0 aliphatic carbocycles. The second-order valence-corrected chi connectivity index (χ2v) is 3.40. The normalized spacial score (nSPS) is 10.5. The molecule has 0 fully saturated rings. The van der Waals surface area contributed by atoms with Gasteiger partial charge >= 0.3 is 0 Å². The molecule has 13 heavy (non-hydrogen) atoms. The molecule has 0 aromatic heterocycles. The SMILES string of the molecule is COc1ccc(CCN(C)C)cc1. The zero-order chi connectivity index (χ0) is 9.68. The molecule has 72 valence electrons. The molecule has 0 spiro atoms. The highest BCUT2D eigenvalue weighted by atomic mass is 16.5. The number of likely N-dealkylation sites (N-methyl/N-ethyl adjacent to an activating group) is 1. The van der Waals surface area contributed by atoms with Gasteiger partial charge in [-0.15, -0.1) is 0 Å². The van der Waals surface area contributed by atoms with Crippen LogP contribution in [0.2, 0.25) is 0 Å². The van der Waals surface area contributed by atoms with Gasteiger partial charge in [-0.2, -0.15) is 0 Å². The highest BCUT2D eigenvalue weighted by Gasteiger charge is 1.95. The molecule has 0 amide bonds. The number of ether oxygens (including phenoxy) is 1. The van der Waals surface area contributed by atoms with Gasteiger partial charge in [0.25, 0.3) is 0 Å². The van der Waals surface area contributed by atoms with Crippen molar-refractivity contribution in [1.82, 2.24) is 4.90 Å². The first-order valence-electron chi connectivity index (χ1n) is 4.50. The van der Waals surface area contributed by atoms with Gasteiger partial charge in [-0.25, -0.2) is 0 Å². The zero-order valence-corrected chi connectivity index (χ0v) is 8.58. The molecule has 2 heteroatoms. The summed E-state index contributed by atoms with van der Waals surface area (Å²) in [6, 6.07) is 8.24. The summed E-state index contributed by atoms with van der Waals surface area (Å²) in [5.41, 5.74) is 1.36. The summed E-state index contributed by atoms with van der Waals surface area (Å²) in [5, 5.41) is 0. The minimum atomic E-state index is 0.925. The van der Waals surface area contributed by atoms with E-state index in [0.717, 1.165) is 18.7 Å². The lowest BCUT2D eigenvalue weighted by Gasteiger charge is -2.09. The van der Waals surface area contributed by atoms with E-state index in [1.807, 2.05) is 12.1 Å². The second kappa shape index (κ2) is 4.87. The minimum Gasteiger partial charge on any atom is -0.497 e. The van der Waals surface area contributed by atoms with Crippen molar-refractivity contribution < 1.29 is 4.74 Å². The highest BCUT2D eigenvalue weighted by molar-refractivity contribution is 5.27. The Balaban J connectivity index is 2.49. The Hall–Kier alpha value is -1.02. The third-order valence-corrected chi connectivity index (χ3v) is 2.01. The number of methoxy groups -OCH3 is 1.